The Morgan fingerprint density at radius 3 is 3.00 bits per heavy atom. The number of carbonyl (C=O) groups excluding carboxylic acids is 1. The molecule has 4 nitrogen and oxygen atoms in total. The van der Waals surface area contributed by atoms with Crippen LogP contribution in [-0.4, -0.2) is 21.1 Å². The summed E-state index contributed by atoms with van der Waals surface area (Å²) in [7, 11) is 0. The van der Waals surface area contributed by atoms with Crippen molar-refractivity contribution in [2.45, 2.75) is 42.9 Å². The van der Waals surface area contributed by atoms with Crippen LogP contribution in [0.2, 0.25) is 5.02 Å². The van der Waals surface area contributed by atoms with Crippen LogP contribution in [0.1, 0.15) is 30.2 Å². The number of hydrogen-bond acceptors (Lipinski definition) is 5. The van der Waals surface area contributed by atoms with E-state index in [4.69, 9.17) is 11.6 Å². The molecule has 0 spiro atoms. The first kappa shape index (κ1) is 17.8. The van der Waals surface area contributed by atoms with Crippen LogP contribution < -0.4 is 5.32 Å². The Bertz CT molecular complexity index is 973. The molecule has 1 aromatic carbocycles. The smallest absolute Gasteiger partial charge is 0.237 e. The number of nitrogens with one attached hydrogen (secondary N) is 1. The van der Waals surface area contributed by atoms with Gasteiger partial charge in [0, 0.05) is 21.0 Å². The summed E-state index contributed by atoms with van der Waals surface area (Å²) in [5, 5.41) is 5.31. The summed E-state index contributed by atoms with van der Waals surface area (Å²) in [6.45, 7) is 1.90. The maximum atomic E-state index is 12.6. The molecule has 1 aliphatic rings. The van der Waals surface area contributed by atoms with Gasteiger partial charge in [0.25, 0.3) is 0 Å². The van der Waals surface area contributed by atoms with Crippen LogP contribution in [0.5, 0.6) is 0 Å². The Hall–Kier alpha value is -1.63. The average Bonchev–Trinajstić information content (AvgIpc) is 3.01. The molecule has 4 rings (SSSR count). The van der Waals surface area contributed by atoms with Crippen LogP contribution in [0.3, 0.4) is 0 Å². The van der Waals surface area contributed by atoms with Gasteiger partial charge >= 0.3 is 0 Å². The van der Waals surface area contributed by atoms with Gasteiger partial charge in [0.05, 0.1) is 5.25 Å². The quantitative estimate of drug-likeness (QED) is 0.471. The van der Waals surface area contributed by atoms with Crippen LogP contribution in [-0.2, 0) is 17.6 Å². The minimum Gasteiger partial charge on any atom is -0.325 e. The number of amides is 1. The Labute approximate surface area is 165 Å². The van der Waals surface area contributed by atoms with Gasteiger partial charge in [-0.3, -0.25) is 4.79 Å². The number of fused-ring (bicyclic) bond motifs is 3. The van der Waals surface area contributed by atoms with Crippen molar-refractivity contribution in [2.24, 2.45) is 0 Å². The molecule has 0 saturated carbocycles. The maximum Gasteiger partial charge on any atom is 0.237 e. The summed E-state index contributed by atoms with van der Waals surface area (Å²) in [6, 6.07) is 7.18. The van der Waals surface area contributed by atoms with Crippen molar-refractivity contribution in [1.82, 2.24) is 9.97 Å². The molecule has 0 saturated heterocycles. The van der Waals surface area contributed by atoms with Crippen LogP contribution in [0, 0.1) is 0 Å². The fourth-order valence-corrected chi connectivity index (χ4v) is 5.61. The molecule has 1 atom stereocenters. The largest absolute Gasteiger partial charge is 0.325 e. The molecular weight excluding hydrogens is 386 g/mol. The number of carbonyl (C=O) groups is 1. The van der Waals surface area contributed by atoms with E-state index in [1.54, 1.807) is 29.8 Å². The molecule has 2 heterocycles. The summed E-state index contributed by atoms with van der Waals surface area (Å²) in [5.74, 6) is -0.0619. The number of thioether (sulfide) groups is 1. The summed E-state index contributed by atoms with van der Waals surface area (Å²) < 4.78 is 0. The number of aromatic nitrogens is 2. The fraction of sp³-hybridized carbons (Fsp3) is 0.316. The highest BCUT2D eigenvalue weighted by Crippen LogP contribution is 2.40. The zero-order valence-corrected chi connectivity index (χ0v) is 16.7. The lowest BCUT2D eigenvalue weighted by atomic mass is 9.97. The topological polar surface area (TPSA) is 54.9 Å². The van der Waals surface area contributed by atoms with E-state index in [1.807, 2.05) is 19.1 Å². The van der Waals surface area contributed by atoms with Crippen LogP contribution in [0.25, 0.3) is 10.2 Å². The van der Waals surface area contributed by atoms with Gasteiger partial charge in [0.2, 0.25) is 5.91 Å². The molecule has 2 aromatic heterocycles. The Morgan fingerprint density at radius 1 is 1.31 bits per heavy atom. The first-order valence-corrected chi connectivity index (χ1v) is 10.7. The first-order valence-electron chi connectivity index (χ1n) is 8.60. The molecule has 0 unspecified atom stereocenters. The number of benzene rings is 1. The van der Waals surface area contributed by atoms with Gasteiger partial charge in [-0.05, 0) is 56.4 Å². The molecule has 0 bridgehead atoms. The van der Waals surface area contributed by atoms with Gasteiger partial charge in [-0.15, -0.1) is 11.3 Å². The second-order valence-electron chi connectivity index (χ2n) is 6.33. The zero-order chi connectivity index (χ0) is 18.1. The molecule has 1 aliphatic carbocycles. The number of halogens is 1. The van der Waals surface area contributed by atoms with E-state index >= 15 is 0 Å². The lowest BCUT2D eigenvalue weighted by Gasteiger charge is -2.14. The molecule has 26 heavy (non-hydrogen) atoms. The maximum absolute atomic E-state index is 12.6. The van der Waals surface area contributed by atoms with Crippen molar-refractivity contribution in [1.29, 1.82) is 0 Å². The Kier molecular flexibility index (Phi) is 5.16. The highest BCUT2D eigenvalue weighted by atomic mass is 35.5. The molecule has 1 N–H and O–H groups in total. The van der Waals surface area contributed by atoms with Crippen LogP contribution in [0.15, 0.2) is 35.6 Å². The van der Waals surface area contributed by atoms with E-state index in [1.165, 1.54) is 35.0 Å². The SMILES string of the molecule is C[C@H](Sc1ncnc2sc3c(c12)CCCC3)C(=O)Nc1cccc(Cl)c1. The average molecular weight is 404 g/mol. The van der Waals surface area contributed by atoms with Crippen molar-refractivity contribution in [3.63, 3.8) is 0 Å². The Morgan fingerprint density at radius 2 is 2.15 bits per heavy atom. The van der Waals surface area contributed by atoms with Crippen molar-refractivity contribution >= 4 is 56.5 Å². The molecule has 1 amide bonds. The normalized spacial score (nSPS) is 14.8. The summed E-state index contributed by atoms with van der Waals surface area (Å²) in [5.41, 5.74) is 2.09. The molecular formula is C19H18ClN3OS2. The van der Waals surface area contributed by atoms with E-state index in [2.05, 4.69) is 15.3 Å². The fourth-order valence-electron chi connectivity index (χ4n) is 3.18. The number of anilines is 1. The minimum atomic E-state index is -0.272. The van der Waals surface area contributed by atoms with Crippen LogP contribution >= 0.6 is 34.7 Å². The molecule has 134 valence electrons. The highest BCUT2D eigenvalue weighted by molar-refractivity contribution is 8.00. The van der Waals surface area contributed by atoms with Gasteiger partial charge < -0.3 is 5.32 Å². The molecule has 3 aromatic rings. The highest BCUT2D eigenvalue weighted by Gasteiger charge is 2.23. The molecule has 0 radical (unpaired) electrons. The summed E-state index contributed by atoms with van der Waals surface area (Å²) in [4.78, 5) is 24.0. The van der Waals surface area contributed by atoms with Gasteiger partial charge in [-0.25, -0.2) is 9.97 Å². The Balaban J connectivity index is 1.56. The minimum absolute atomic E-state index is 0.0619. The van der Waals surface area contributed by atoms with E-state index in [9.17, 15) is 4.79 Å². The predicted molar refractivity (Wildman–Crippen MR) is 109 cm³/mol. The third-order valence-electron chi connectivity index (χ3n) is 4.47. The van der Waals surface area contributed by atoms with Crippen molar-refractivity contribution in [2.75, 3.05) is 5.32 Å². The van der Waals surface area contributed by atoms with Gasteiger partial charge in [0.15, 0.2) is 0 Å². The zero-order valence-electron chi connectivity index (χ0n) is 14.3. The third-order valence-corrected chi connectivity index (χ3v) is 7.00. The lowest BCUT2D eigenvalue weighted by molar-refractivity contribution is -0.115. The monoisotopic (exact) mass is 403 g/mol. The third kappa shape index (κ3) is 3.59. The standard InChI is InChI=1S/C19H18ClN3OS2/c1-11(17(24)23-13-6-4-5-12(20)9-13)25-18-16-14-7-2-3-8-15(14)26-19(16)22-10-21-18/h4-6,9-11H,2-3,7-8H2,1H3,(H,23,24)/t11-/m0/s1. The van der Waals surface area contributed by atoms with Gasteiger partial charge in [0.1, 0.15) is 16.2 Å². The second-order valence-corrected chi connectivity index (χ2v) is 9.18. The van der Waals surface area contributed by atoms with E-state index in [0.29, 0.717) is 10.7 Å². The van der Waals surface area contributed by atoms with Crippen molar-refractivity contribution in [3.05, 3.63) is 46.1 Å². The van der Waals surface area contributed by atoms with Crippen molar-refractivity contribution < 1.29 is 4.79 Å². The lowest BCUT2D eigenvalue weighted by Crippen LogP contribution is -2.22. The summed E-state index contributed by atoms with van der Waals surface area (Å²) >= 11 is 9.25. The van der Waals surface area contributed by atoms with E-state index in [0.717, 1.165) is 28.1 Å². The predicted octanol–water partition coefficient (Wildman–Crippen LogP) is 5.34. The number of rotatable bonds is 4. The van der Waals surface area contributed by atoms with E-state index < -0.39 is 0 Å². The number of nitrogens with zero attached hydrogens (tertiary/aromatic N) is 2. The van der Waals surface area contributed by atoms with Crippen LogP contribution in [0.4, 0.5) is 5.69 Å². The molecule has 0 aliphatic heterocycles. The number of hydrogen-bond donors (Lipinski definition) is 1. The first-order chi connectivity index (χ1) is 12.6. The molecule has 0 fully saturated rings. The summed E-state index contributed by atoms with van der Waals surface area (Å²) in [6.07, 6.45) is 6.27. The number of aryl methyl sites for hydroxylation is 2. The van der Waals surface area contributed by atoms with E-state index in [-0.39, 0.29) is 11.2 Å². The van der Waals surface area contributed by atoms with Gasteiger partial charge in [-0.2, -0.15) is 0 Å². The van der Waals surface area contributed by atoms with Gasteiger partial charge in [-0.1, -0.05) is 29.4 Å². The second kappa shape index (κ2) is 7.55. The van der Waals surface area contributed by atoms with Crippen molar-refractivity contribution in [3.8, 4) is 0 Å². The molecule has 7 heteroatoms. The number of thiophene rings is 1.